The van der Waals surface area contributed by atoms with Crippen molar-refractivity contribution in [3.63, 3.8) is 0 Å². The maximum atomic E-state index is 14.5. The van der Waals surface area contributed by atoms with Gasteiger partial charge >= 0.3 is 0 Å². The van der Waals surface area contributed by atoms with Crippen molar-refractivity contribution in [1.82, 2.24) is 4.98 Å². The first-order chi connectivity index (χ1) is 21.9. The average Bonchev–Trinajstić information content (AvgIpc) is 3.38. The topological polar surface area (TPSA) is 203 Å². The zero-order chi connectivity index (χ0) is 34.5. The molecule has 10 atom stereocenters. The number of carbonyl (C=O) groups is 3. The highest BCUT2D eigenvalue weighted by Crippen LogP contribution is 2.68. The van der Waals surface area contributed by atoms with E-state index >= 15 is 0 Å². The zero-order valence-corrected chi connectivity index (χ0v) is 27.9. The van der Waals surface area contributed by atoms with Gasteiger partial charge in [-0.1, -0.05) is 71.0 Å². The Morgan fingerprint density at radius 2 is 1.70 bits per heavy atom. The van der Waals surface area contributed by atoms with Gasteiger partial charge in [-0.05, 0) is 36.3 Å². The van der Waals surface area contributed by atoms with E-state index in [9.17, 15) is 39.9 Å². The summed E-state index contributed by atoms with van der Waals surface area (Å²) in [5, 5.41) is 63.3. The second kappa shape index (κ2) is 10.9. The number of aromatic nitrogens is 1. The fourth-order valence-corrected chi connectivity index (χ4v) is 10.1. The summed E-state index contributed by atoms with van der Waals surface area (Å²) in [6.45, 7) is 10.1. The first-order valence-corrected chi connectivity index (χ1v) is 16.6. The highest BCUT2D eigenvalue weighted by atomic mass is 32.1. The van der Waals surface area contributed by atoms with Crippen LogP contribution >= 0.6 is 11.3 Å². The van der Waals surface area contributed by atoms with Crippen LogP contribution in [0.1, 0.15) is 61.3 Å². The number of benzene rings is 2. The molecule has 0 saturated heterocycles. The number of rotatable bonds is 5. The van der Waals surface area contributed by atoms with Crippen molar-refractivity contribution in [2.75, 3.05) is 5.32 Å². The minimum Gasteiger partial charge on any atom is -0.505 e. The van der Waals surface area contributed by atoms with Gasteiger partial charge in [0.25, 0.3) is 0 Å². The third-order valence-electron chi connectivity index (χ3n) is 11.7. The molecule has 0 bridgehead atoms. The minimum atomic E-state index is -2.84. The van der Waals surface area contributed by atoms with Crippen molar-refractivity contribution in [2.45, 2.75) is 71.4 Å². The smallest absolute Gasteiger partial charge is 0.230 e. The molecule has 12 heteroatoms. The summed E-state index contributed by atoms with van der Waals surface area (Å²) in [7, 11) is 0. The van der Waals surface area contributed by atoms with Gasteiger partial charge < -0.3 is 36.6 Å². The summed E-state index contributed by atoms with van der Waals surface area (Å²) in [5.41, 5.74) is 1.49. The van der Waals surface area contributed by atoms with Gasteiger partial charge in [-0.25, -0.2) is 4.98 Å². The van der Waals surface area contributed by atoms with Gasteiger partial charge in [-0.2, -0.15) is 0 Å². The lowest BCUT2D eigenvalue weighted by molar-refractivity contribution is -0.306. The number of nitrogens with two attached hydrogens (primary N) is 1. The molecule has 2 saturated carbocycles. The van der Waals surface area contributed by atoms with Crippen LogP contribution in [0.25, 0.3) is 11.3 Å². The van der Waals surface area contributed by atoms with Crippen molar-refractivity contribution in [1.29, 1.82) is 0 Å². The quantitative estimate of drug-likeness (QED) is 0.157. The molecule has 8 N–H and O–H groups in total. The minimum absolute atomic E-state index is 0.116. The SMILES string of the molecule is Cc1sc(Nc2ccc3c(c2O)C(=O)[C@@H]2C(O)[C@@]4(O)C(=O)[C@H](C(N)=O)C(O)[C@H](C(C)C)[C@@]4(C)[C@H](O)[C@@]2(C)[C@@H]3C)nc1-c1ccccc1. The van der Waals surface area contributed by atoms with Gasteiger partial charge in [0, 0.05) is 21.3 Å². The lowest BCUT2D eigenvalue weighted by Crippen LogP contribution is -2.83. The van der Waals surface area contributed by atoms with Crippen LogP contribution in [0.4, 0.5) is 10.8 Å². The van der Waals surface area contributed by atoms with Gasteiger partial charge in [0.2, 0.25) is 5.91 Å². The van der Waals surface area contributed by atoms with Crippen LogP contribution in [0.2, 0.25) is 0 Å². The van der Waals surface area contributed by atoms with E-state index in [1.165, 1.54) is 18.3 Å². The van der Waals surface area contributed by atoms with Gasteiger partial charge in [0.15, 0.2) is 22.3 Å². The molecule has 3 aliphatic rings. The van der Waals surface area contributed by atoms with Crippen LogP contribution in [0, 0.1) is 41.4 Å². The number of nitrogens with zero attached hydrogens (tertiary/aromatic N) is 1. The number of phenols is 1. The molecule has 2 aromatic carbocycles. The van der Waals surface area contributed by atoms with Gasteiger partial charge in [0.05, 0.1) is 35.1 Å². The molecule has 47 heavy (non-hydrogen) atoms. The molecule has 250 valence electrons. The molecule has 3 aromatic rings. The van der Waals surface area contributed by atoms with Crippen molar-refractivity contribution in [2.24, 2.45) is 40.2 Å². The molecule has 2 fully saturated rings. The Balaban J connectivity index is 1.47. The largest absolute Gasteiger partial charge is 0.505 e. The Morgan fingerprint density at radius 1 is 1.06 bits per heavy atom. The van der Waals surface area contributed by atoms with Crippen LogP contribution in [0.15, 0.2) is 42.5 Å². The van der Waals surface area contributed by atoms with E-state index < -0.39 is 87.6 Å². The van der Waals surface area contributed by atoms with Crippen molar-refractivity contribution < 1.29 is 39.9 Å². The number of nitrogens with one attached hydrogen (secondary N) is 1. The summed E-state index contributed by atoms with van der Waals surface area (Å²) < 4.78 is 0. The average molecular weight is 664 g/mol. The number of aliphatic hydroxyl groups is 4. The number of aromatic hydroxyl groups is 1. The Labute approximate surface area is 276 Å². The fraction of sp³-hybridized carbons (Fsp3) is 0.486. The number of phenolic OH excluding ortho intramolecular Hbond substituents is 1. The highest BCUT2D eigenvalue weighted by Gasteiger charge is 2.80. The lowest BCUT2D eigenvalue weighted by Gasteiger charge is -2.69. The molecule has 0 radical (unpaired) electrons. The molecule has 6 rings (SSSR count). The number of hydrogen-bond donors (Lipinski definition) is 7. The summed E-state index contributed by atoms with van der Waals surface area (Å²) >= 11 is 1.37. The Bertz CT molecular complexity index is 1790. The third kappa shape index (κ3) is 4.18. The second-order valence-electron chi connectivity index (χ2n) is 14.2. The number of Topliss-reactive ketones (excluding diaryl/α,β-unsaturated/α-hetero) is 2. The first-order valence-electron chi connectivity index (χ1n) is 15.8. The number of anilines is 2. The van der Waals surface area contributed by atoms with E-state index in [2.05, 4.69) is 10.3 Å². The van der Waals surface area contributed by atoms with Gasteiger partial charge in [-0.15, -0.1) is 11.3 Å². The Hall–Kier alpha value is -3.68. The molecule has 11 nitrogen and oxygen atoms in total. The number of aryl methyl sites for hydroxylation is 1. The molecule has 3 aliphatic carbocycles. The fourth-order valence-electron chi connectivity index (χ4n) is 9.29. The number of carbonyl (C=O) groups excluding carboxylic acids is 3. The normalized spacial score (nSPS) is 36.4. The van der Waals surface area contributed by atoms with Crippen LogP contribution in [0.5, 0.6) is 5.75 Å². The van der Waals surface area contributed by atoms with Crippen molar-refractivity contribution >= 4 is 39.6 Å². The van der Waals surface area contributed by atoms with Crippen LogP contribution in [0.3, 0.4) is 0 Å². The molecule has 1 amide bonds. The number of amides is 1. The maximum absolute atomic E-state index is 14.5. The number of fused-ring (bicyclic) bond motifs is 3. The summed E-state index contributed by atoms with van der Waals surface area (Å²) in [6.07, 6.45) is -5.39. The summed E-state index contributed by atoms with van der Waals surface area (Å²) in [4.78, 5) is 46.6. The highest BCUT2D eigenvalue weighted by molar-refractivity contribution is 7.16. The third-order valence-corrected chi connectivity index (χ3v) is 12.6. The molecule has 2 unspecified atom stereocenters. The predicted molar refractivity (Wildman–Crippen MR) is 175 cm³/mol. The molecule has 0 spiro atoms. The molecule has 1 heterocycles. The van der Waals surface area contributed by atoms with E-state index in [4.69, 9.17) is 5.73 Å². The summed E-state index contributed by atoms with van der Waals surface area (Å²) in [5.74, 6) is -9.32. The Morgan fingerprint density at radius 3 is 2.30 bits per heavy atom. The van der Waals surface area contributed by atoms with Crippen LogP contribution in [-0.2, 0) is 9.59 Å². The van der Waals surface area contributed by atoms with E-state index in [0.29, 0.717) is 10.7 Å². The van der Waals surface area contributed by atoms with Gasteiger partial charge in [-0.3, -0.25) is 14.4 Å². The summed E-state index contributed by atoms with van der Waals surface area (Å²) in [6, 6.07) is 12.9. The van der Waals surface area contributed by atoms with Crippen LogP contribution in [-0.4, -0.2) is 71.9 Å². The van der Waals surface area contributed by atoms with Crippen molar-refractivity contribution in [3.8, 4) is 17.0 Å². The van der Waals surface area contributed by atoms with Crippen molar-refractivity contribution in [3.05, 3.63) is 58.5 Å². The number of thiazole rings is 1. The second-order valence-corrected chi connectivity index (χ2v) is 15.4. The van der Waals surface area contributed by atoms with Gasteiger partial charge in [0.1, 0.15) is 17.8 Å². The van der Waals surface area contributed by atoms with E-state index in [1.54, 1.807) is 39.8 Å². The molecular weight excluding hydrogens is 622 g/mol. The van der Waals surface area contributed by atoms with E-state index in [0.717, 1.165) is 16.1 Å². The first kappa shape index (κ1) is 33.2. The standard InChI is InChI=1S/C35H41N3O8S/c1-14(2)22-27(41)21(30(36)44)28(42)35(46)29(43)23-26(40)20-18(15(3)33(23,5)31(45)34(22,35)6)12-13-19(25(20)39)37-32-38-24(16(4)47-32)17-10-8-7-9-11-17/h7-15,21-23,27,29,31,39,41,43,45-46H,1-6H3,(H2,36,44)(H,37,38)/t15-,21-,22+,23-,27?,29?,31-,33+,34+,35+/m1/s1. The number of aliphatic hydroxyl groups excluding tert-OH is 3. The number of hydrogen-bond acceptors (Lipinski definition) is 11. The zero-order valence-electron chi connectivity index (χ0n) is 27.1. The molecule has 0 aliphatic heterocycles. The predicted octanol–water partition coefficient (Wildman–Crippen LogP) is 3.28. The molecule has 1 aromatic heterocycles. The Kier molecular flexibility index (Phi) is 7.73. The van der Waals surface area contributed by atoms with E-state index in [1.807, 2.05) is 37.3 Å². The maximum Gasteiger partial charge on any atom is 0.230 e. The molecular formula is C35H41N3O8S. The monoisotopic (exact) mass is 663 g/mol. The lowest BCUT2D eigenvalue weighted by atomic mass is 9.36. The number of primary amides is 1. The number of ketones is 2. The van der Waals surface area contributed by atoms with E-state index in [-0.39, 0.29) is 11.3 Å². The van der Waals surface area contributed by atoms with Crippen LogP contribution < -0.4 is 11.1 Å².